The van der Waals surface area contributed by atoms with Crippen LogP contribution in [0.15, 0.2) is 24.3 Å². The van der Waals surface area contributed by atoms with E-state index in [4.69, 9.17) is 0 Å². The molecule has 1 fully saturated rings. The fourth-order valence-electron chi connectivity index (χ4n) is 2.52. The van der Waals surface area contributed by atoms with Gasteiger partial charge in [-0.1, -0.05) is 19.1 Å². The van der Waals surface area contributed by atoms with Gasteiger partial charge < -0.3 is 10.2 Å². The number of nitrogens with one attached hydrogen (secondary N) is 1. The second kappa shape index (κ2) is 7.47. The summed E-state index contributed by atoms with van der Waals surface area (Å²) < 4.78 is 12.0. The molecule has 1 atom stereocenters. The van der Waals surface area contributed by atoms with Gasteiger partial charge in [0.15, 0.2) is 0 Å². The Labute approximate surface area is 142 Å². The molecular formula is C18H28N2O2S. The number of benzene rings is 1. The molecule has 23 heavy (non-hydrogen) atoms. The number of nitrogens with zero attached hydrogens (tertiary/aromatic N) is 1. The van der Waals surface area contributed by atoms with E-state index in [1.807, 2.05) is 49.9 Å². The molecule has 2 rings (SSSR count). The van der Waals surface area contributed by atoms with E-state index in [-0.39, 0.29) is 10.8 Å². The molecule has 1 aliphatic heterocycles. The van der Waals surface area contributed by atoms with E-state index < -0.39 is 10.8 Å². The maximum Gasteiger partial charge on any atom is 0.321 e. The van der Waals surface area contributed by atoms with Crippen molar-refractivity contribution in [2.75, 3.05) is 18.4 Å². The number of piperidine rings is 1. The number of anilines is 1. The number of urea groups is 1. The average molecular weight is 337 g/mol. The Bertz CT molecular complexity index is 573. The molecule has 0 unspecified atom stereocenters. The molecule has 1 N–H and O–H groups in total. The van der Waals surface area contributed by atoms with Crippen molar-refractivity contribution in [3.8, 4) is 0 Å². The zero-order valence-corrected chi connectivity index (χ0v) is 15.4. The van der Waals surface area contributed by atoms with Gasteiger partial charge in [0, 0.05) is 40.1 Å². The van der Waals surface area contributed by atoms with Gasteiger partial charge in [0.25, 0.3) is 0 Å². The minimum Gasteiger partial charge on any atom is -0.325 e. The summed E-state index contributed by atoms with van der Waals surface area (Å²) in [4.78, 5) is 14.2. The van der Waals surface area contributed by atoms with Crippen LogP contribution in [0, 0.1) is 5.92 Å². The van der Waals surface area contributed by atoms with Crippen LogP contribution < -0.4 is 5.32 Å². The fourth-order valence-corrected chi connectivity index (χ4v) is 3.44. The van der Waals surface area contributed by atoms with Gasteiger partial charge >= 0.3 is 6.03 Å². The van der Waals surface area contributed by atoms with E-state index in [0.29, 0.717) is 11.7 Å². The van der Waals surface area contributed by atoms with Crippen LogP contribution in [0.2, 0.25) is 0 Å². The van der Waals surface area contributed by atoms with Crippen molar-refractivity contribution in [1.82, 2.24) is 4.90 Å². The zero-order chi connectivity index (χ0) is 17.0. The second-order valence-corrected chi connectivity index (χ2v) is 9.61. The highest BCUT2D eigenvalue weighted by Gasteiger charge is 2.21. The minimum atomic E-state index is -0.941. The lowest BCUT2D eigenvalue weighted by Crippen LogP contribution is -2.40. The van der Waals surface area contributed by atoms with E-state index in [1.54, 1.807) is 0 Å². The molecule has 0 aromatic heterocycles. The molecule has 4 nitrogen and oxygen atoms in total. The first kappa shape index (κ1) is 18.0. The maximum absolute atomic E-state index is 12.3. The largest absolute Gasteiger partial charge is 0.325 e. The smallest absolute Gasteiger partial charge is 0.321 e. The Morgan fingerprint density at radius 3 is 2.57 bits per heavy atom. The highest BCUT2D eigenvalue weighted by molar-refractivity contribution is 7.85. The lowest BCUT2D eigenvalue weighted by molar-refractivity contribution is 0.186. The molecule has 128 valence electrons. The molecule has 1 aliphatic rings. The number of amides is 2. The van der Waals surface area contributed by atoms with E-state index in [9.17, 15) is 9.00 Å². The first-order valence-electron chi connectivity index (χ1n) is 8.29. The Balaban J connectivity index is 1.97. The lowest BCUT2D eigenvalue weighted by atomic mass is 10.00. The Morgan fingerprint density at radius 1 is 1.30 bits per heavy atom. The number of carbonyl (C=O) groups is 1. The third-order valence-electron chi connectivity index (χ3n) is 4.23. The van der Waals surface area contributed by atoms with Gasteiger partial charge in [0.2, 0.25) is 0 Å². The highest BCUT2D eigenvalue weighted by Crippen LogP contribution is 2.20. The SMILES string of the molecule is CC1CCN(C(=O)Nc2cccc(C[S@](=O)C(C)(C)C)c2)CC1. The van der Waals surface area contributed by atoms with Crippen LogP contribution in [-0.4, -0.2) is 33.0 Å². The van der Waals surface area contributed by atoms with Crippen LogP contribution in [-0.2, 0) is 16.6 Å². The summed E-state index contributed by atoms with van der Waals surface area (Å²) in [7, 11) is -0.941. The first-order chi connectivity index (χ1) is 10.8. The summed E-state index contributed by atoms with van der Waals surface area (Å²) in [6.07, 6.45) is 2.13. The highest BCUT2D eigenvalue weighted by atomic mass is 32.2. The molecule has 1 aromatic rings. The number of hydrogen-bond donors (Lipinski definition) is 1. The van der Waals surface area contributed by atoms with Crippen LogP contribution in [0.4, 0.5) is 10.5 Å². The zero-order valence-electron chi connectivity index (χ0n) is 14.6. The van der Waals surface area contributed by atoms with Gasteiger partial charge in [-0.2, -0.15) is 0 Å². The third kappa shape index (κ3) is 5.34. The van der Waals surface area contributed by atoms with Crippen LogP contribution in [0.3, 0.4) is 0 Å². The summed E-state index contributed by atoms with van der Waals surface area (Å²) in [6, 6.07) is 7.64. The molecule has 1 saturated heterocycles. The standard InChI is InChI=1S/C18H28N2O2S/c1-14-8-10-20(11-9-14)17(21)19-16-7-5-6-15(12-16)13-23(22)18(2,3)4/h5-7,12,14H,8-11,13H2,1-4H3,(H,19,21)/t23-/m0/s1. The van der Waals surface area contributed by atoms with Gasteiger partial charge in [-0.3, -0.25) is 4.21 Å². The third-order valence-corrected chi connectivity index (χ3v) is 6.19. The van der Waals surface area contributed by atoms with Crippen LogP contribution in [0.25, 0.3) is 0 Å². The molecule has 0 bridgehead atoms. The van der Waals surface area contributed by atoms with Crippen molar-refractivity contribution in [2.24, 2.45) is 5.92 Å². The van der Waals surface area contributed by atoms with E-state index in [1.165, 1.54) is 0 Å². The van der Waals surface area contributed by atoms with Crippen LogP contribution >= 0.6 is 0 Å². The predicted molar refractivity (Wildman–Crippen MR) is 97.0 cm³/mol. The fraction of sp³-hybridized carbons (Fsp3) is 0.611. The van der Waals surface area contributed by atoms with Crippen LogP contribution in [0.1, 0.15) is 46.1 Å². The summed E-state index contributed by atoms with van der Waals surface area (Å²) in [5.41, 5.74) is 1.76. The Hall–Kier alpha value is -1.36. The molecule has 2 amide bonds. The number of hydrogen-bond acceptors (Lipinski definition) is 2. The molecule has 1 heterocycles. The number of likely N-dealkylation sites (tertiary alicyclic amines) is 1. The van der Waals surface area contributed by atoms with Gasteiger partial charge in [-0.25, -0.2) is 4.79 Å². The summed E-state index contributed by atoms with van der Waals surface area (Å²) in [6.45, 7) is 9.81. The second-order valence-electron chi connectivity index (χ2n) is 7.40. The van der Waals surface area contributed by atoms with Gasteiger partial charge in [-0.15, -0.1) is 0 Å². The number of rotatable bonds is 3. The lowest BCUT2D eigenvalue weighted by Gasteiger charge is -2.30. The molecule has 0 aliphatic carbocycles. The summed E-state index contributed by atoms with van der Waals surface area (Å²) in [5.74, 6) is 1.21. The molecular weight excluding hydrogens is 308 g/mol. The normalized spacial score (nSPS) is 17.8. The van der Waals surface area contributed by atoms with Crippen molar-refractivity contribution in [3.63, 3.8) is 0 Å². The van der Waals surface area contributed by atoms with Crippen molar-refractivity contribution in [1.29, 1.82) is 0 Å². The Kier molecular flexibility index (Phi) is 5.84. The molecule has 1 aromatic carbocycles. The quantitative estimate of drug-likeness (QED) is 0.907. The van der Waals surface area contributed by atoms with Crippen molar-refractivity contribution in [3.05, 3.63) is 29.8 Å². The number of carbonyl (C=O) groups excluding carboxylic acids is 1. The topological polar surface area (TPSA) is 49.4 Å². The molecule has 5 heteroatoms. The van der Waals surface area contributed by atoms with Gasteiger partial charge in [0.1, 0.15) is 0 Å². The van der Waals surface area contributed by atoms with E-state index in [2.05, 4.69) is 12.2 Å². The summed E-state index contributed by atoms with van der Waals surface area (Å²) >= 11 is 0. The summed E-state index contributed by atoms with van der Waals surface area (Å²) in [5, 5.41) is 2.97. The van der Waals surface area contributed by atoms with Crippen molar-refractivity contribution >= 4 is 22.5 Å². The van der Waals surface area contributed by atoms with Crippen LogP contribution in [0.5, 0.6) is 0 Å². The van der Waals surface area contributed by atoms with Gasteiger partial charge in [0.05, 0.1) is 0 Å². The van der Waals surface area contributed by atoms with E-state index >= 15 is 0 Å². The first-order valence-corrected chi connectivity index (χ1v) is 9.61. The predicted octanol–water partition coefficient (Wildman–Crippen LogP) is 4.00. The van der Waals surface area contributed by atoms with E-state index in [0.717, 1.165) is 37.2 Å². The molecule has 0 saturated carbocycles. The molecule has 0 spiro atoms. The van der Waals surface area contributed by atoms with Crippen molar-refractivity contribution in [2.45, 2.75) is 51.0 Å². The average Bonchev–Trinajstić information content (AvgIpc) is 2.47. The van der Waals surface area contributed by atoms with Crippen molar-refractivity contribution < 1.29 is 9.00 Å². The monoisotopic (exact) mass is 336 g/mol. The van der Waals surface area contributed by atoms with Gasteiger partial charge in [-0.05, 0) is 57.2 Å². The Morgan fingerprint density at radius 2 is 1.96 bits per heavy atom. The molecule has 0 radical (unpaired) electrons. The maximum atomic E-state index is 12.3. The minimum absolute atomic E-state index is 0.0361.